The van der Waals surface area contributed by atoms with Gasteiger partial charge in [0.2, 0.25) is 5.91 Å². The fourth-order valence-corrected chi connectivity index (χ4v) is 3.42. The molecule has 0 fully saturated rings. The highest BCUT2D eigenvalue weighted by Gasteiger charge is 2.15. The van der Waals surface area contributed by atoms with Crippen LogP contribution in [-0.4, -0.2) is 20.1 Å². The zero-order valence-corrected chi connectivity index (χ0v) is 15.6. The molecule has 0 spiro atoms. The maximum atomic E-state index is 13.0. The minimum Gasteiger partial charge on any atom is -0.324 e. The van der Waals surface area contributed by atoms with E-state index in [9.17, 15) is 9.59 Å². The van der Waals surface area contributed by atoms with Gasteiger partial charge in [0, 0.05) is 16.8 Å². The smallest absolute Gasteiger partial charge is 0.262 e. The fourth-order valence-electron chi connectivity index (χ4n) is 3.20. The average Bonchev–Trinajstić information content (AvgIpc) is 3.03. The van der Waals surface area contributed by atoms with Crippen molar-refractivity contribution < 1.29 is 4.79 Å². The van der Waals surface area contributed by atoms with Crippen LogP contribution < -0.4 is 10.9 Å². The van der Waals surface area contributed by atoms with Crippen molar-refractivity contribution >= 4 is 39.7 Å². The summed E-state index contributed by atoms with van der Waals surface area (Å²) in [6, 6.07) is 14.3. The first-order chi connectivity index (χ1) is 12.9. The molecule has 1 N–H and O–H groups in total. The number of hydrogen-bond donors (Lipinski definition) is 1. The Balaban J connectivity index is 1.77. The molecule has 0 aliphatic heterocycles. The third kappa shape index (κ3) is 3.08. The van der Waals surface area contributed by atoms with Gasteiger partial charge in [-0.3, -0.25) is 14.2 Å². The SMILES string of the molecule is Cc1cc2n(CC(=O)Nc3ccc(Cl)cc3C)c(=O)c3ccccc3n2n1. The van der Waals surface area contributed by atoms with Crippen LogP contribution in [0.5, 0.6) is 0 Å². The van der Waals surface area contributed by atoms with Crippen molar-refractivity contribution in [2.45, 2.75) is 20.4 Å². The standard InChI is InChI=1S/C20H17ClN4O2/c1-12-9-14(21)7-8-16(12)22-18(26)11-24-19-10-13(2)23-25(19)17-6-4-3-5-15(17)20(24)27/h3-10H,11H2,1-2H3,(H,22,26). The fraction of sp³-hybridized carbons (Fsp3) is 0.150. The van der Waals surface area contributed by atoms with Gasteiger partial charge in [0.05, 0.1) is 16.6 Å². The number of fused-ring (bicyclic) bond motifs is 3. The average molecular weight is 381 g/mol. The highest BCUT2D eigenvalue weighted by Crippen LogP contribution is 2.20. The second-order valence-corrected chi connectivity index (χ2v) is 6.91. The monoisotopic (exact) mass is 380 g/mol. The molecule has 4 aromatic rings. The summed E-state index contributed by atoms with van der Waals surface area (Å²) in [6.45, 7) is 3.61. The van der Waals surface area contributed by atoms with Gasteiger partial charge < -0.3 is 5.32 Å². The second kappa shape index (κ2) is 6.55. The number of aryl methyl sites for hydroxylation is 2. The summed E-state index contributed by atoms with van der Waals surface area (Å²) >= 11 is 5.96. The zero-order valence-electron chi connectivity index (χ0n) is 14.9. The molecule has 0 saturated carbocycles. The number of halogens is 1. The van der Waals surface area contributed by atoms with Crippen molar-refractivity contribution in [2.75, 3.05) is 5.32 Å². The summed E-state index contributed by atoms with van der Waals surface area (Å²) in [4.78, 5) is 25.6. The van der Waals surface area contributed by atoms with E-state index in [1.807, 2.05) is 26.0 Å². The number of anilines is 1. The van der Waals surface area contributed by atoms with Crippen LogP contribution in [0.3, 0.4) is 0 Å². The first kappa shape index (κ1) is 17.3. The normalized spacial score (nSPS) is 11.2. The Morgan fingerprint density at radius 2 is 1.93 bits per heavy atom. The van der Waals surface area contributed by atoms with Crippen LogP contribution in [0.2, 0.25) is 5.02 Å². The third-order valence-electron chi connectivity index (χ3n) is 4.46. The summed E-state index contributed by atoms with van der Waals surface area (Å²) in [6.07, 6.45) is 0. The molecule has 2 aromatic carbocycles. The van der Waals surface area contributed by atoms with E-state index in [2.05, 4.69) is 10.4 Å². The number of amides is 1. The highest BCUT2D eigenvalue weighted by atomic mass is 35.5. The Morgan fingerprint density at radius 1 is 1.15 bits per heavy atom. The lowest BCUT2D eigenvalue weighted by Crippen LogP contribution is -2.29. The molecule has 2 heterocycles. The molecule has 4 rings (SSSR count). The van der Waals surface area contributed by atoms with Crippen molar-refractivity contribution in [3.05, 3.63) is 75.2 Å². The van der Waals surface area contributed by atoms with Crippen molar-refractivity contribution in [2.24, 2.45) is 0 Å². The molecule has 1 amide bonds. The van der Waals surface area contributed by atoms with E-state index >= 15 is 0 Å². The Kier molecular flexibility index (Phi) is 4.20. The predicted octanol–water partition coefficient (Wildman–Crippen LogP) is 3.56. The predicted molar refractivity (Wildman–Crippen MR) is 107 cm³/mol. The number of nitrogens with one attached hydrogen (secondary N) is 1. The number of nitrogens with zero attached hydrogens (tertiary/aromatic N) is 3. The largest absolute Gasteiger partial charge is 0.324 e. The summed E-state index contributed by atoms with van der Waals surface area (Å²) in [7, 11) is 0. The van der Waals surface area contributed by atoms with Crippen molar-refractivity contribution in [1.29, 1.82) is 0 Å². The van der Waals surface area contributed by atoms with E-state index in [0.29, 0.717) is 21.7 Å². The summed E-state index contributed by atoms with van der Waals surface area (Å²) < 4.78 is 3.15. The van der Waals surface area contributed by atoms with Crippen LogP contribution >= 0.6 is 11.6 Å². The van der Waals surface area contributed by atoms with Crippen molar-refractivity contribution in [3.8, 4) is 0 Å². The molecule has 0 unspecified atom stereocenters. The molecule has 7 heteroatoms. The van der Waals surface area contributed by atoms with E-state index in [1.54, 1.807) is 40.9 Å². The van der Waals surface area contributed by atoms with Crippen molar-refractivity contribution in [3.63, 3.8) is 0 Å². The highest BCUT2D eigenvalue weighted by molar-refractivity contribution is 6.30. The number of hydrogen-bond acceptors (Lipinski definition) is 3. The first-order valence-corrected chi connectivity index (χ1v) is 8.86. The van der Waals surface area contributed by atoms with E-state index < -0.39 is 0 Å². The maximum Gasteiger partial charge on any atom is 0.262 e. The Labute approximate surface area is 160 Å². The molecular weight excluding hydrogens is 364 g/mol. The van der Waals surface area contributed by atoms with Crippen LogP contribution in [0.15, 0.2) is 53.3 Å². The minimum atomic E-state index is -0.293. The minimum absolute atomic E-state index is 0.111. The molecule has 0 bridgehead atoms. The molecule has 0 atom stereocenters. The lowest BCUT2D eigenvalue weighted by atomic mass is 10.2. The van der Waals surface area contributed by atoms with E-state index in [-0.39, 0.29) is 18.0 Å². The maximum absolute atomic E-state index is 13.0. The zero-order chi connectivity index (χ0) is 19.1. The number of carbonyl (C=O) groups excluding carboxylic acids is 1. The van der Waals surface area contributed by atoms with Crippen molar-refractivity contribution in [1.82, 2.24) is 14.2 Å². The second-order valence-electron chi connectivity index (χ2n) is 6.47. The molecule has 6 nitrogen and oxygen atoms in total. The van der Waals surface area contributed by atoms with Crippen LogP contribution in [0.4, 0.5) is 5.69 Å². The topological polar surface area (TPSA) is 68.4 Å². The van der Waals surface area contributed by atoms with Gasteiger partial charge in [-0.1, -0.05) is 23.7 Å². The quantitative estimate of drug-likeness (QED) is 0.591. The molecule has 0 saturated heterocycles. The molecular formula is C20H17ClN4O2. The third-order valence-corrected chi connectivity index (χ3v) is 4.70. The van der Waals surface area contributed by atoms with Gasteiger partial charge in [0.15, 0.2) is 0 Å². The molecule has 0 radical (unpaired) electrons. The molecule has 27 heavy (non-hydrogen) atoms. The lowest BCUT2D eigenvalue weighted by molar-refractivity contribution is -0.116. The van der Waals surface area contributed by atoms with Gasteiger partial charge in [-0.25, -0.2) is 4.52 Å². The number of para-hydroxylation sites is 1. The summed E-state index contributed by atoms with van der Waals surface area (Å²) in [5.74, 6) is -0.293. The molecule has 136 valence electrons. The van der Waals surface area contributed by atoms with E-state index in [0.717, 1.165) is 16.8 Å². The van der Waals surface area contributed by atoms with Gasteiger partial charge in [-0.05, 0) is 49.7 Å². The number of rotatable bonds is 3. The van der Waals surface area contributed by atoms with E-state index in [4.69, 9.17) is 11.6 Å². The van der Waals surface area contributed by atoms with Crippen LogP contribution in [0, 0.1) is 13.8 Å². The molecule has 2 aromatic heterocycles. The summed E-state index contributed by atoms with van der Waals surface area (Å²) in [5.41, 5.74) is 3.37. The van der Waals surface area contributed by atoms with E-state index in [1.165, 1.54) is 4.57 Å². The lowest BCUT2D eigenvalue weighted by Gasteiger charge is -2.12. The van der Waals surface area contributed by atoms with Gasteiger partial charge in [-0.15, -0.1) is 0 Å². The first-order valence-electron chi connectivity index (χ1n) is 8.48. The van der Waals surface area contributed by atoms with Gasteiger partial charge >= 0.3 is 0 Å². The van der Waals surface area contributed by atoms with Crippen LogP contribution in [0.1, 0.15) is 11.3 Å². The van der Waals surface area contributed by atoms with Crippen LogP contribution in [0.25, 0.3) is 16.6 Å². The van der Waals surface area contributed by atoms with Gasteiger partial charge in [0.1, 0.15) is 12.2 Å². The Morgan fingerprint density at radius 3 is 2.70 bits per heavy atom. The number of aromatic nitrogens is 3. The van der Waals surface area contributed by atoms with Crippen LogP contribution in [-0.2, 0) is 11.3 Å². The molecule has 0 aliphatic rings. The van der Waals surface area contributed by atoms with Gasteiger partial charge in [0.25, 0.3) is 5.56 Å². The number of benzene rings is 2. The Hall–Kier alpha value is -3.12. The van der Waals surface area contributed by atoms with Gasteiger partial charge in [-0.2, -0.15) is 5.10 Å². The molecule has 0 aliphatic carbocycles. The Bertz CT molecular complexity index is 1260. The number of carbonyl (C=O) groups is 1. The summed E-state index contributed by atoms with van der Waals surface area (Å²) in [5, 5.41) is 8.44.